The smallest absolute Gasteiger partial charge is 0.475 e. The number of carbonyl (C=O) groups is 1. The topological polar surface area (TPSA) is 92.9 Å². The number of hydrogen-bond donors (Lipinski definition) is 2. The Bertz CT molecular complexity index is 1190. The summed E-state index contributed by atoms with van der Waals surface area (Å²) in [6.45, 7) is 2.20. The zero-order valence-corrected chi connectivity index (χ0v) is 17.9. The molecule has 164 valence electrons. The summed E-state index contributed by atoms with van der Waals surface area (Å²) in [5.74, 6) is -2.15. The van der Waals surface area contributed by atoms with Crippen LogP contribution in [-0.2, 0) is 11.8 Å². The number of thiazole rings is 2. The second kappa shape index (κ2) is 8.52. The highest BCUT2D eigenvalue weighted by Crippen LogP contribution is 2.37. The van der Waals surface area contributed by atoms with Crippen molar-refractivity contribution >= 4 is 49.2 Å². The summed E-state index contributed by atoms with van der Waals surface area (Å²) in [7, 11) is 1.95. The lowest BCUT2D eigenvalue weighted by atomic mass is 9.99. The van der Waals surface area contributed by atoms with E-state index in [0.717, 1.165) is 44.2 Å². The Morgan fingerprint density at radius 2 is 1.87 bits per heavy atom. The second-order valence-corrected chi connectivity index (χ2v) is 9.07. The molecule has 0 amide bonds. The van der Waals surface area contributed by atoms with Crippen molar-refractivity contribution in [2.24, 2.45) is 7.05 Å². The van der Waals surface area contributed by atoms with Crippen molar-refractivity contribution < 1.29 is 23.1 Å². The van der Waals surface area contributed by atoms with E-state index >= 15 is 0 Å². The van der Waals surface area contributed by atoms with Crippen molar-refractivity contribution in [1.82, 2.24) is 25.1 Å². The number of aliphatic carboxylic acids is 1. The predicted octanol–water partition coefficient (Wildman–Crippen LogP) is 4.41. The lowest BCUT2D eigenvalue weighted by molar-refractivity contribution is -0.192. The van der Waals surface area contributed by atoms with Gasteiger partial charge in [0.1, 0.15) is 5.01 Å². The fourth-order valence-corrected chi connectivity index (χ4v) is 5.52. The number of piperidine rings is 1. The van der Waals surface area contributed by atoms with E-state index < -0.39 is 12.1 Å². The molecule has 1 fully saturated rings. The summed E-state index contributed by atoms with van der Waals surface area (Å²) in [4.78, 5) is 20.8. The second-order valence-electron chi connectivity index (χ2n) is 7.08. The zero-order valence-electron chi connectivity index (χ0n) is 16.3. The summed E-state index contributed by atoms with van der Waals surface area (Å²) in [5.41, 5.74) is 2.17. The molecule has 0 bridgehead atoms. The van der Waals surface area contributed by atoms with Gasteiger partial charge in [-0.15, -0.1) is 0 Å². The summed E-state index contributed by atoms with van der Waals surface area (Å²) in [6.07, 6.45) is -0.668. The minimum atomic E-state index is -5.08. The van der Waals surface area contributed by atoms with Gasteiger partial charge < -0.3 is 10.4 Å². The molecule has 12 heteroatoms. The Balaban J connectivity index is 0.000000289. The van der Waals surface area contributed by atoms with Crippen LogP contribution in [0.25, 0.3) is 31.1 Å². The van der Waals surface area contributed by atoms with Crippen molar-refractivity contribution in [2.75, 3.05) is 13.1 Å². The molecule has 0 aliphatic carbocycles. The average molecular weight is 470 g/mol. The van der Waals surface area contributed by atoms with Gasteiger partial charge in [-0.2, -0.15) is 18.3 Å². The highest BCUT2D eigenvalue weighted by atomic mass is 32.1. The molecule has 1 aromatic carbocycles. The minimum Gasteiger partial charge on any atom is -0.475 e. The van der Waals surface area contributed by atoms with Crippen LogP contribution in [0.1, 0.15) is 23.8 Å². The van der Waals surface area contributed by atoms with E-state index in [0.29, 0.717) is 5.92 Å². The highest BCUT2D eigenvalue weighted by Gasteiger charge is 2.38. The van der Waals surface area contributed by atoms with Crippen LogP contribution in [-0.4, -0.2) is 50.1 Å². The molecule has 1 aliphatic heterocycles. The molecule has 1 saturated heterocycles. The van der Waals surface area contributed by atoms with Gasteiger partial charge >= 0.3 is 12.1 Å². The molecular formula is C19H18F3N5O2S2. The highest BCUT2D eigenvalue weighted by molar-refractivity contribution is 7.28. The van der Waals surface area contributed by atoms with Crippen LogP contribution in [0, 0.1) is 0 Å². The molecule has 0 radical (unpaired) electrons. The molecule has 7 nitrogen and oxygen atoms in total. The van der Waals surface area contributed by atoms with Crippen LogP contribution in [0.2, 0.25) is 0 Å². The van der Waals surface area contributed by atoms with Gasteiger partial charge in [-0.25, -0.2) is 14.8 Å². The van der Waals surface area contributed by atoms with Gasteiger partial charge in [0.15, 0.2) is 9.66 Å². The van der Waals surface area contributed by atoms with Crippen molar-refractivity contribution in [3.63, 3.8) is 0 Å². The standard InChI is InChI=1S/C17H17N5S2.C2HF3O2/c1-22-9-12-8-11(2-3-13(12)21-22)15-20-17-16(24-15)19-14(23-17)10-4-6-18-7-5-10;3-2(4,5)1(6)7/h2-3,8-10,18H,4-7H2,1H3;(H,6,7). The van der Waals surface area contributed by atoms with E-state index in [1.165, 1.54) is 17.8 Å². The first-order valence-electron chi connectivity index (χ1n) is 9.42. The third-order valence-electron chi connectivity index (χ3n) is 4.79. The molecule has 3 aromatic heterocycles. The molecule has 0 unspecified atom stereocenters. The third-order valence-corrected chi connectivity index (χ3v) is 7.03. The summed E-state index contributed by atoms with van der Waals surface area (Å²) in [6, 6.07) is 6.33. The van der Waals surface area contributed by atoms with Gasteiger partial charge in [-0.05, 0) is 44.1 Å². The molecule has 1 aliphatic rings. The number of carboxylic acid groups (broad SMARTS) is 1. The molecule has 4 aromatic rings. The van der Waals surface area contributed by atoms with E-state index in [9.17, 15) is 13.2 Å². The minimum absolute atomic E-state index is 0.604. The van der Waals surface area contributed by atoms with Crippen LogP contribution in [0.4, 0.5) is 13.2 Å². The SMILES string of the molecule is Cn1cc2cc(-c3nc4sc(C5CCNCC5)nc4s3)ccc2n1.O=C(O)C(F)(F)F. The average Bonchev–Trinajstić information content (AvgIpc) is 3.39. The van der Waals surface area contributed by atoms with Gasteiger partial charge in [-0.3, -0.25) is 4.68 Å². The van der Waals surface area contributed by atoms with E-state index in [-0.39, 0.29) is 0 Å². The van der Waals surface area contributed by atoms with Crippen molar-refractivity contribution in [1.29, 1.82) is 0 Å². The fourth-order valence-electron chi connectivity index (χ4n) is 3.31. The predicted molar refractivity (Wildman–Crippen MR) is 114 cm³/mol. The maximum atomic E-state index is 10.6. The Labute approximate surface area is 182 Å². The van der Waals surface area contributed by atoms with Gasteiger partial charge in [-0.1, -0.05) is 22.7 Å². The third kappa shape index (κ3) is 4.86. The van der Waals surface area contributed by atoms with Gasteiger partial charge in [0.2, 0.25) is 0 Å². The number of hydrogen-bond acceptors (Lipinski definition) is 7. The van der Waals surface area contributed by atoms with Gasteiger partial charge in [0.05, 0.1) is 10.5 Å². The van der Waals surface area contributed by atoms with Crippen molar-refractivity contribution in [2.45, 2.75) is 24.9 Å². The normalized spacial score (nSPS) is 15.2. The molecule has 2 N–H and O–H groups in total. The summed E-state index contributed by atoms with van der Waals surface area (Å²) >= 11 is 3.47. The van der Waals surface area contributed by atoms with E-state index in [2.05, 4.69) is 28.6 Å². The first-order chi connectivity index (χ1) is 14.7. The number of nitrogens with zero attached hydrogens (tertiary/aromatic N) is 4. The van der Waals surface area contributed by atoms with Crippen molar-refractivity contribution in [3.8, 4) is 10.6 Å². The molecule has 4 heterocycles. The Hall–Kier alpha value is -2.57. The Kier molecular flexibility index (Phi) is 5.95. The Morgan fingerprint density at radius 3 is 2.52 bits per heavy atom. The number of nitrogens with one attached hydrogen (secondary N) is 1. The number of benzene rings is 1. The molecule has 31 heavy (non-hydrogen) atoms. The van der Waals surface area contributed by atoms with E-state index in [1.807, 2.05) is 17.9 Å². The van der Waals surface area contributed by atoms with Crippen LogP contribution < -0.4 is 5.32 Å². The lowest BCUT2D eigenvalue weighted by Crippen LogP contribution is -2.26. The van der Waals surface area contributed by atoms with Crippen LogP contribution in [0.3, 0.4) is 0 Å². The maximum Gasteiger partial charge on any atom is 0.490 e. The summed E-state index contributed by atoms with van der Waals surface area (Å²) < 4.78 is 33.6. The monoisotopic (exact) mass is 469 g/mol. The number of halogens is 3. The number of carboxylic acids is 1. The van der Waals surface area contributed by atoms with Gasteiger partial charge in [0.25, 0.3) is 0 Å². The molecular weight excluding hydrogens is 451 g/mol. The number of aryl methyl sites for hydroxylation is 1. The zero-order chi connectivity index (χ0) is 22.2. The molecule has 0 atom stereocenters. The molecule has 0 spiro atoms. The first kappa shape index (κ1) is 21.7. The van der Waals surface area contributed by atoms with Crippen LogP contribution in [0.5, 0.6) is 0 Å². The van der Waals surface area contributed by atoms with E-state index in [1.54, 1.807) is 22.7 Å². The summed E-state index contributed by atoms with van der Waals surface area (Å²) in [5, 5.41) is 18.4. The van der Waals surface area contributed by atoms with Gasteiger partial charge in [0, 0.05) is 30.1 Å². The fraction of sp³-hybridized carbons (Fsp3) is 0.368. The number of rotatable bonds is 2. The Morgan fingerprint density at radius 1 is 1.19 bits per heavy atom. The van der Waals surface area contributed by atoms with Crippen LogP contribution >= 0.6 is 22.7 Å². The quantitative estimate of drug-likeness (QED) is 0.452. The molecule has 0 saturated carbocycles. The van der Waals surface area contributed by atoms with Crippen molar-refractivity contribution in [3.05, 3.63) is 29.4 Å². The van der Waals surface area contributed by atoms with Crippen LogP contribution in [0.15, 0.2) is 24.4 Å². The van der Waals surface area contributed by atoms with E-state index in [4.69, 9.17) is 19.9 Å². The molecule has 5 rings (SSSR count). The number of fused-ring (bicyclic) bond motifs is 2. The number of aromatic nitrogens is 4. The lowest BCUT2D eigenvalue weighted by Gasteiger charge is -2.20. The maximum absolute atomic E-state index is 10.6. The number of alkyl halides is 3. The first-order valence-corrected chi connectivity index (χ1v) is 11.1. The largest absolute Gasteiger partial charge is 0.490 e.